The van der Waals surface area contributed by atoms with Crippen LogP contribution in [0, 0.1) is 0 Å². The zero-order chi connectivity index (χ0) is 23.6. The Balaban J connectivity index is 1.63. The van der Waals surface area contributed by atoms with E-state index in [0.29, 0.717) is 18.5 Å². The first kappa shape index (κ1) is 25.4. The van der Waals surface area contributed by atoms with Crippen molar-refractivity contribution in [2.75, 3.05) is 77.7 Å². The lowest BCUT2D eigenvalue weighted by molar-refractivity contribution is -0.144. The molecule has 0 aromatic heterocycles. The molecule has 0 saturated carbocycles. The van der Waals surface area contributed by atoms with Gasteiger partial charge in [-0.3, -0.25) is 19.4 Å². The van der Waals surface area contributed by atoms with Crippen LogP contribution in [0.1, 0.15) is 24.8 Å². The van der Waals surface area contributed by atoms with Gasteiger partial charge in [0.25, 0.3) is 0 Å². The number of benzene rings is 1. The lowest BCUT2D eigenvalue weighted by Gasteiger charge is -2.37. The minimum atomic E-state index is -0.772. The van der Waals surface area contributed by atoms with E-state index in [2.05, 4.69) is 14.7 Å². The van der Waals surface area contributed by atoms with Crippen LogP contribution in [0.25, 0.3) is 0 Å². The van der Waals surface area contributed by atoms with E-state index in [1.807, 2.05) is 29.2 Å². The van der Waals surface area contributed by atoms with Crippen LogP contribution in [-0.4, -0.2) is 120 Å². The Morgan fingerprint density at radius 2 is 1.42 bits per heavy atom. The third-order valence-corrected chi connectivity index (χ3v) is 6.81. The van der Waals surface area contributed by atoms with Gasteiger partial charge in [-0.25, -0.2) is 0 Å². The molecule has 2 heterocycles. The van der Waals surface area contributed by atoms with Crippen LogP contribution in [0.3, 0.4) is 0 Å². The van der Waals surface area contributed by atoms with Gasteiger partial charge in [0.1, 0.15) is 6.04 Å². The number of nitrogen functional groups attached to an aromatic ring is 1. The molecular weight excluding hydrogens is 422 g/mol. The summed E-state index contributed by atoms with van der Waals surface area (Å²) in [4.78, 5) is 32.4. The molecule has 2 aliphatic heterocycles. The summed E-state index contributed by atoms with van der Waals surface area (Å²) in [5, 5.41) is 19.2. The largest absolute Gasteiger partial charge is 0.480 e. The summed E-state index contributed by atoms with van der Waals surface area (Å²) in [5.74, 6) is -1.53. The second-order valence-corrected chi connectivity index (χ2v) is 9.23. The van der Waals surface area contributed by atoms with Crippen molar-refractivity contribution in [2.45, 2.75) is 31.7 Å². The standard InChI is InChI=1S/C24H39N5O4/c25-21-6-3-20(4-7-21)5-8-22(24(32)33)29-12-2-10-26-13-14-27(17-18-29)9-1-11-28(16-15-26)19-23(30)31/h3-4,6-7,22H,1-2,5,8-19,25H2,(H,30,31)(H,32,33). The number of anilines is 1. The average Bonchev–Trinajstić information content (AvgIpc) is 2.78. The van der Waals surface area contributed by atoms with E-state index in [1.165, 1.54) is 0 Å². The van der Waals surface area contributed by atoms with Gasteiger partial charge in [-0.15, -0.1) is 0 Å². The smallest absolute Gasteiger partial charge is 0.320 e. The summed E-state index contributed by atoms with van der Waals surface area (Å²) in [6.07, 6.45) is 3.12. The van der Waals surface area contributed by atoms with E-state index in [9.17, 15) is 19.8 Å². The number of aliphatic carboxylic acids is 2. The topological polar surface area (TPSA) is 114 Å². The van der Waals surface area contributed by atoms with Gasteiger partial charge in [0.15, 0.2) is 0 Å². The minimum absolute atomic E-state index is 0.0932. The van der Waals surface area contributed by atoms with Gasteiger partial charge in [-0.2, -0.15) is 0 Å². The van der Waals surface area contributed by atoms with Crippen LogP contribution >= 0.6 is 0 Å². The lowest BCUT2D eigenvalue weighted by atomic mass is 10.0. The number of fused-ring (bicyclic) bond motifs is 3. The van der Waals surface area contributed by atoms with Crippen molar-refractivity contribution in [3.05, 3.63) is 29.8 Å². The number of carboxylic acid groups (broad SMARTS) is 2. The molecule has 2 saturated heterocycles. The first-order chi connectivity index (χ1) is 15.9. The fourth-order valence-electron chi connectivity index (χ4n) is 4.86. The molecule has 0 spiro atoms. The van der Waals surface area contributed by atoms with Crippen molar-refractivity contribution in [3.8, 4) is 0 Å². The Morgan fingerprint density at radius 1 is 0.818 bits per heavy atom. The molecule has 0 amide bonds. The van der Waals surface area contributed by atoms with Gasteiger partial charge in [0.2, 0.25) is 0 Å². The van der Waals surface area contributed by atoms with Crippen molar-refractivity contribution in [1.82, 2.24) is 19.6 Å². The van der Waals surface area contributed by atoms with Crippen LogP contribution in [0.5, 0.6) is 0 Å². The number of carboxylic acids is 2. The summed E-state index contributed by atoms with van der Waals surface area (Å²) in [7, 11) is 0. The molecule has 3 rings (SSSR count). The zero-order valence-corrected chi connectivity index (χ0v) is 19.6. The molecule has 0 radical (unpaired) electrons. The molecule has 0 aliphatic carbocycles. The quantitative estimate of drug-likeness (QED) is 0.506. The fourth-order valence-corrected chi connectivity index (χ4v) is 4.86. The molecule has 9 heteroatoms. The number of hydrogen-bond acceptors (Lipinski definition) is 7. The first-order valence-electron chi connectivity index (χ1n) is 12.1. The normalized spacial score (nSPS) is 24.7. The maximum absolute atomic E-state index is 12.2. The number of rotatable bonds is 7. The predicted octanol–water partition coefficient (Wildman–Crippen LogP) is 0.755. The van der Waals surface area contributed by atoms with Gasteiger partial charge in [0.05, 0.1) is 6.54 Å². The Bertz CT molecular complexity index is 760. The maximum Gasteiger partial charge on any atom is 0.320 e. The highest BCUT2D eigenvalue weighted by atomic mass is 16.4. The average molecular weight is 462 g/mol. The summed E-state index contributed by atoms with van der Waals surface area (Å²) in [6.45, 7) is 8.54. The highest BCUT2D eigenvalue weighted by Gasteiger charge is 2.27. The van der Waals surface area contributed by atoms with Crippen LogP contribution < -0.4 is 5.73 Å². The molecule has 1 aromatic rings. The van der Waals surface area contributed by atoms with E-state index in [-0.39, 0.29) is 6.54 Å². The monoisotopic (exact) mass is 461 g/mol. The van der Waals surface area contributed by atoms with Crippen molar-refractivity contribution in [2.24, 2.45) is 0 Å². The van der Waals surface area contributed by atoms with Crippen LogP contribution in [0.2, 0.25) is 0 Å². The molecule has 2 bridgehead atoms. The fraction of sp³-hybridized carbons (Fsp3) is 0.667. The number of nitrogens with two attached hydrogens (primary N) is 1. The van der Waals surface area contributed by atoms with Crippen molar-refractivity contribution < 1.29 is 19.8 Å². The molecule has 3 unspecified atom stereocenters. The van der Waals surface area contributed by atoms with Gasteiger partial charge in [0, 0.05) is 58.0 Å². The maximum atomic E-state index is 12.2. The third-order valence-electron chi connectivity index (χ3n) is 6.81. The molecular formula is C24H39N5O4. The Morgan fingerprint density at radius 3 is 2.06 bits per heavy atom. The number of aryl methyl sites for hydroxylation is 1. The lowest BCUT2D eigenvalue weighted by Crippen LogP contribution is -2.50. The summed E-state index contributed by atoms with van der Waals surface area (Å²) < 4.78 is 0. The second kappa shape index (κ2) is 12.9. The highest BCUT2D eigenvalue weighted by molar-refractivity contribution is 5.73. The van der Waals surface area contributed by atoms with Crippen LogP contribution in [0.4, 0.5) is 5.69 Å². The van der Waals surface area contributed by atoms with Crippen molar-refractivity contribution in [3.63, 3.8) is 0 Å². The molecule has 1 aromatic carbocycles. The van der Waals surface area contributed by atoms with E-state index >= 15 is 0 Å². The minimum Gasteiger partial charge on any atom is -0.480 e. The highest BCUT2D eigenvalue weighted by Crippen LogP contribution is 2.15. The summed E-state index contributed by atoms with van der Waals surface area (Å²) >= 11 is 0. The first-order valence-corrected chi connectivity index (χ1v) is 12.1. The SMILES string of the molecule is Nc1ccc(CCC(C(=O)O)N2CCCN3CCN(CCCN(CC(=O)O)CC3)CC2)cc1. The summed E-state index contributed by atoms with van der Waals surface area (Å²) in [5.41, 5.74) is 7.60. The van der Waals surface area contributed by atoms with Crippen molar-refractivity contribution >= 4 is 17.6 Å². The van der Waals surface area contributed by atoms with Gasteiger partial charge < -0.3 is 25.7 Å². The van der Waals surface area contributed by atoms with Crippen LogP contribution in [-0.2, 0) is 16.0 Å². The van der Waals surface area contributed by atoms with Crippen molar-refractivity contribution in [1.29, 1.82) is 0 Å². The summed E-state index contributed by atoms with van der Waals surface area (Å²) in [6, 6.07) is 7.17. The molecule has 2 fully saturated rings. The second-order valence-electron chi connectivity index (χ2n) is 9.23. The van der Waals surface area contributed by atoms with Crippen LogP contribution in [0.15, 0.2) is 24.3 Å². The van der Waals surface area contributed by atoms with Gasteiger partial charge in [-0.05, 0) is 56.5 Å². The molecule has 3 atom stereocenters. The van der Waals surface area contributed by atoms with E-state index in [4.69, 9.17) is 5.73 Å². The predicted molar refractivity (Wildman–Crippen MR) is 128 cm³/mol. The van der Waals surface area contributed by atoms with E-state index in [0.717, 1.165) is 83.9 Å². The molecule has 184 valence electrons. The Kier molecular flexibility index (Phi) is 9.93. The van der Waals surface area contributed by atoms with Gasteiger partial charge >= 0.3 is 11.9 Å². The van der Waals surface area contributed by atoms with Gasteiger partial charge in [-0.1, -0.05) is 12.1 Å². The number of carbonyl (C=O) groups is 2. The molecule has 2 aliphatic rings. The third kappa shape index (κ3) is 8.58. The molecule has 33 heavy (non-hydrogen) atoms. The number of nitrogens with zero attached hydrogens (tertiary/aromatic N) is 4. The van der Waals surface area contributed by atoms with E-state index in [1.54, 1.807) is 0 Å². The Hall–Kier alpha value is -2.20. The molecule has 4 N–H and O–H groups in total. The molecule has 9 nitrogen and oxygen atoms in total. The Labute approximate surface area is 196 Å². The van der Waals surface area contributed by atoms with E-state index < -0.39 is 18.0 Å². The number of hydrogen-bond donors (Lipinski definition) is 3. The zero-order valence-electron chi connectivity index (χ0n) is 19.6.